The van der Waals surface area contributed by atoms with E-state index in [1.54, 1.807) is 40.7 Å². The van der Waals surface area contributed by atoms with Gasteiger partial charge in [0.1, 0.15) is 12.1 Å². The van der Waals surface area contributed by atoms with Gasteiger partial charge < -0.3 is 25.1 Å². The normalized spacial score (nSPS) is 15.5. The van der Waals surface area contributed by atoms with Crippen LogP contribution in [0.15, 0.2) is 18.2 Å². The number of carboxylic acids is 1. The molecule has 0 amide bonds. The third-order valence-electron chi connectivity index (χ3n) is 6.03. The maximum absolute atomic E-state index is 12.7. The molecule has 39 heavy (non-hydrogen) atoms. The Morgan fingerprint density at radius 3 is 1.69 bits per heavy atom. The van der Waals surface area contributed by atoms with E-state index in [1.807, 2.05) is 41.5 Å². The van der Waals surface area contributed by atoms with Crippen LogP contribution in [0.2, 0.25) is 0 Å². The van der Waals surface area contributed by atoms with Gasteiger partial charge in [-0.2, -0.15) is 0 Å². The first-order chi connectivity index (χ1) is 17.5. The second-order valence-corrected chi connectivity index (χ2v) is 13.7. The zero-order chi connectivity index (χ0) is 30.5. The van der Waals surface area contributed by atoms with E-state index in [2.05, 4.69) is 0 Å². The molecular formula is C30H47NO8. The van der Waals surface area contributed by atoms with E-state index in [9.17, 15) is 24.3 Å². The van der Waals surface area contributed by atoms with Gasteiger partial charge in [-0.25, -0.2) is 0 Å². The van der Waals surface area contributed by atoms with Crippen molar-refractivity contribution in [3.05, 3.63) is 23.8 Å². The van der Waals surface area contributed by atoms with Gasteiger partial charge in [-0.15, -0.1) is 0 Å². The van der Waals surface area contributed by atoms with Crippen LogP contribution in [0.25, 0.3) is 0 Å². The van der Waals surface area contributed by atoms with Gasteiger partial charge in [0.15, 0.2) is 11.5 Å². The van der Waals surface area contributed by atoms with E-state index in [0.717, 1.165) is 0 Å². The summed E-state index contributed by atoms with van der Waals surface area (Å²) in [5, 5.41) is 9.79. The molecule has 9 heteroatoms. The summed E-state index contributed by atoms with van der Waals surface area (Å²) in [6.07, 6.45) is -0.450. The highest BCUT2D eigenvalue weighted by Gasteiger charge is 2.37. The smallest absolute Gasteiger partial charge is 0.321 e. The summed E-state index contributed by atoms with van der Waals surface area (Å²) in [6.45, 7) is 20.0. The fourth-order valence-corrected chi connectivity index (χ4v) is 3.82. The minimum absolute atomic E-state index is 0.0156. The summed E-state index contributed by atoms with van der Waals surface area (Å²) in [4.78, 5) is 49.8. The average molecular weight is 550 g/mol. The molecule has 1 aromatic carbocycles. The number of carbonyl (C=O) groups excluding carboxylic acids is 3. The van der Waals surface area contributed by atoms with Crippen molar-refractivity contribution in [1.82, 2.24) is 0 Å². The SMILES string of the molecule is CC(OC(=O)C(C)(C)C)C(C)C(c1ccc(OC(=O)CC(C)(C)C)c(OC(=O)CC(C)(C)C)c1)[C@H](N)C(=O)O. The van der Waals surface area contributed by atoms with Gasteiger partial charge >= 0.3 is 23.9 Å². The van der Waals surface area contributed by atoms with Crippen LogP contribution < -0.4 is 15.2 Å². The highest BCUT2D eigenvalue weighted by Crippen LogP contribution is 2.38. The van der Waals surface area contributed by atoms with Crippen LogP contribution in [0, 0.1) is 22.2 Å². The van der Waals surface area contributed by atoms with E-state index >= 15 is 0 Å². The lowest BCUT2D eigenvalue weighted by atomic mass is 9.79. The molecule has 0 aliphatic carbocycles. The van der Waals surface area contributed by atoms with Crippen LogP contribution in [0.1, 0.15) is 100 Å². The molecular weight excluding hydrogens is 502 g/mol. The van der Waals surface area contributed by atoms with E-state index in [0.29, 0.717) is 5.56 Å². The lowest BCUT2D eigenvalue weighted by molar-refractivity contribution is -0.160. The number of carbonyl (C=O) groups is 4. The molecule has 0 bridgehead atoms. The predicted octanol–water partition coefficient (Wildman–Crippen LogP) is 5.48. The van der Waals surface area contributed by atoms with E-state index in [4.69, 9.17) is 19.9 Å². The van der Waals surface area contributed by atoms with Crippen molar-refractivity contribution in [2.45, 2.75) is 107 Å². The first kappa shape index (κ1) is 34.1. The van der Waals surface area contributed by atoms with Crippen LogP contribution in [0.5, 0.6) is 11.5 Å². The predicted molar refractivity (Wildman–Crippen MR) is 148 cm³/mol. The van der Waals surface area contributed by atoms with Crippen molar-refractivity contribution in [3.8, 4) is 11.5 Å². The molecule has 220 valence electrons. The zero-order valence-corrected chi connectivity index (χ0v) is 25.3. The first-order valence-electron chi connectivity index (χ1n) is 13.3. The largest absolute Gasteiger partial charge is 0.480 e. The van der Waals surface area contributed by atoms with Crippen LogP contribution >= 0.6 is 0 Å². The standard InChI is InChI=1S/C30H47NO8/c1-17(18(2)37-27(36)30(9,10)11)24(25(31)26(34)35)19-12-13-20(38-22(32)15-28(3,4)5)21(14-19)39-23(33)16-29(6,7)8/h12-14,17-18,24-25H,15-16,31H2,1-11H3,(H,34,35)/t17?,18?,24?,25-/m0/s1. The number of carboxylic acid groups (broad SMARTS) is 1. The Kier molecular flexibility index (Phi) is 11.3. The quantitative estimate of drug-likeness (QED) is 0.286. The lowest BCUT2D eigenvalue weighted by Crippen LogP contribution is -2.43. The number of benzene rings is 1. The molecule has 3 unspecified atom stereocenters. The molecule has 0 radical (unpaired) electrons. The van der Waals surface area contributed by atoms with Gasteiger partial charge in [0.25, 0.3) is 0 Å². The molecule has 0 fully saturated rings. The highest BCUT2D eigenvalue weighted by molar-refractivity contribution is 5.78. The highest BCUT2D eigenvalue weighted by atomic mass is 16.6. The van der Waals surface area contributed by atoms with Gasteiger partial charge in [0.2, 0.25) is 0 Å². The number of rotatable bonds is 10. The van der Waals surface area contributed by atoms with Gasteiger partial charge in [-0.05, 0) is 56.2 Å². The Morgan fingerprint density at radius 1 is 0.821 bits per heavy atom. The van der Waals surface area contributed by atoms with Crippen LogP contribution in [-0.4, -0.2) is 41.1 Å². The minimum Gasteiger partial charge on any atom is -0.480 e. The summed E-state index contributed by atoms with van der Waals surface area (Å²) in [6, 6.07) is 3.17. The van der Waals surface area contributed by atoms with E-state index in [-0.39, 0.29) is 35.2 Å². The Labute approximate surface area is 232 Å². The van der Waals surface area contributed by atoms with Crippen molar-refractivity contribution in [3.63, 3.8) is 0 Å². The molecule has 0 aliphatic rings. The van der Waals surface area contributed by atoms with E-state index in [1.165, 1.54) is 12.1 Å². The number of nitrogens with two attached hydrogens (primary N) is 1. The van der Waals surface area contributed by atoms with Crippen molar-refractivity contribution < 1.29 is 38.5 Å². The van der Waals surface area contributed by atoms with Gasteiger partial charge in [0.05, 0.1) is 18.3 Å². The van der Waals surface area contributed by atoms with E-state index < -0.39 is 53.3 Å². The molecule has 1 rings (SSSR count). The Morgan fingerprint density at radius 2 is 1.28 bits per heavy atom. The molecule has 3 N–H and O–H groups in total. The molecule has 0 aliphatic heterocycles. The second kappa shape index (κ2) is 12.9. The number of ether oxygens (including phenoxy) is 3. The molecule has 0 heterocycles. The summed E-state index contributed by atoms with van der Waals surface area (Å²) in [7, 11) is 0. The number of hydrogen-bond donors (Lipinski definition) is 2. The maximum atomic E-state index is 12.7. The third-order valence-corrected chi connectivity index (χ3v) is 6.03. The third kappa shape index (κ3) is 11.4. The Bertz CT molecular complexity index is 1040. The average Bonchev–Trinajstić information content (AvgIpc) is 2.71. The van der Waals surface area contributed by atoms with Crippen LogP contribution in [-0.2, 0) is 23.9 Å². The number of esters is 3. The van der Waals surface area contributed by atoms with Gasteiger partial charge in [0, 0.05) is 11.8 Å². The molecule has 0 saturated carbocycles. The Balaban J connectivity index is 3.54. The molecule has 0 saturated heterocycles. The van der Waals surface area contributed by atoms with Crippen molar-refractivity contribution in [1.29, 1.82) is 0 Å². The summed E-state index contributed by atoms with van der Waals surface area (Å²) >= 11 is 0. The Hall–Kier alpha value is -2.94. The van der Waals surface area contributed by atoms with Crippen molar-refractivity contribution in [2.75, 3.05) is 0 Å². The fourth-order valence-electron chi connectivity index (χ4n) is 3.82. The van der Waals surface area contributed by atoms with Crippen molar-refractivity contribution in [2.24, 2.45) is 27.9 Å². The van der Waals surface area contributed by atoms with Crippen molar-refractivity contribution >= 4 is 23.9 Å². The maximum Gasteiger partial charge on any atom is 0.321 e. The molecule has 1 aromatic rings. The minimum atomic E-state index is -1.36. The second-order valence-electron chi connectivity index (χ2n) is 13.7. The molecule has 9 nitrogen and oxygen atoms in total. The first-order valence-corrected chi connectivity index (χ1v) is 13.3. The number of aliphatic carboxylic acids is 1. The van der Waals surface area contributed by atoms with Gasteiger partial charge in [-0.3, -0.25) is 19.2 Å². The summed E-state index contributed by atoms with van der Waals surface area (Å²) < 4.78 is 16.8. The lowest BCUT2D eigenvalue weighted by Gasteiger charge is -2.33. The molecule has 0 spiro atoms. The fraction of sp³-hybridized carbons (Fsp3) is 0.667. The summed E-state index contributed by atoms with van der Waals surface area (Å²) in [5.41, 5.74) is 5.15. The van der Waals surface area contributed by atoms with Gasteiger partial charge in [-0.1, -0.05) is 54.5 Å². The summed E-state index contributed by atoms with van der Waals surface area (Å²) in [5.74, 6) is -4.04. The monoisotopic (exact) mass is 549 g/mol. The topological polar surface area (TPSA) is 142 Å². The van der Waals surface area contributed by atoms with Crippen LogP contribution in [0.4, 0.5) is 0 Å². The number of hydrogen-bond acceptors (Lipinski definition) is 8. The molecule has 0 aromatic heterocycles. The molecule has 4 atom stereocenters. The zero-order valence-electron chi connectivity index (χ0n) is 25.3. The van der Waals surface area contributed by atoms with Crippen LogP contribution in [0.3, 0.4) is 0 Å².